The number of likely N-dealkylation sites (N-methyl/N-ethyl adjacent to an activating group) is 1. The van der Waals surface area contributed by atoms with Gasteiger partial charge in [-0.05, 0) is 25.8 Å². The number of halogens is 3. The summed E-state index contributed by atoms with van der Waals surface area (Å²) in [6, 6.07) is 6.33. The fourth-order valence-corrected chi connectivity index (χ4v) is 4.36. The number of fused-ring (bicyclic) bond motifs is 1. The zero-order valence-electron chi connectivity index (χ0n) is 19.6. The van der Waals surface area contributed by atoms with Crippen molar-refractivity contribution in [1.29, 1.82) is 0 Å². The fourth-order valence-electron chi connectivity index (χ4n) is 4.36. The molecule has 0 spiro atoms. The Balaban J connectivity index is 1.78. The molecule has 1 aliphatic carbocycles. The van der Waals surface area contributed by atoms with Gasteiger partial charge in [-0.15, -0.1) is 0 Å². The molecule has 34 heavy (non-hydrogen) atoms. The van der Waals surface area contributed by atoms with Crippen molar-refractivity contribution >= 4 is 29.1 Å². The molecule has 0 radical (unpaired) electrons. The molecule has 3 rings (SSSR count). The Kier molecular flexibility index (Phi) is 7.99. The van der Waals surface area contributed by atoms with Crippen LogP contribution in [0.3, 0.4) is 0 Å². The number of aliphatic imine (C=N–C) groups is 1. The fraction of sp³-hybridized carbons (Fsp3) is 0.583. The molecule has 1 fully saturated rings. The molecule has 1 heterocycles. The number of nitrogens with one attached hydrogen (secondary N) is 2. The minimum atomic E-state index is -4.50. The molecule has 2 unspecified atom stereocenters. The van der Waals surface area contributed by atoms with Crippen LogP contribution in [-0.2, 0) is 14.4 Å². The molecule has 3 atom stereocenters. The quantitative estimate of drug-likeness (QED) is 0.652. The summed E-state index contributed by atoms with van der Waals surface area (Å²) < 4.78 is 38.2. The third-order valence-corrected chi connectivity index (χ3v) is 6.47. The van der Waals surface area contributed by atoms with Crippen molar-refractivity contribution in [3.63, 3.8) is 0 Å². The summed E-state index contributed by atoms with van der Waals surface area (Å²) in [5.41, 5.74) is 2.33. The average Bonchev–Trinajstić information content (AvgIpc) is 2.89. The van der Waals surface area contributed by atoms with Crippen molar-refractivity contribution in [3.8, 4) is 0 Å². The number of carbonyl (C=O) groups excluding carboxylic acids is 3. The van der Waals surface area contributed by atoms with Gasteiger partial charge in [-0.2, -0.15) is 13.2 Å². The third-order valence-electron chi connectivity index (χ3n) is 6.47. The van der Waals surface area contributed by atoms with Crippen molar-refractivity contribution in [3.05, 3.63) is 29.8 Å². The lowest BCUT2D eigenvalue weighted by molar-refractivity contribution is -0.174. The highest BCUT2D eigenvalue weighted by Gasteiger charge is 2.38. The van der Waals surface area contributed by atoms with Gasteiger partial charge in [-0.25, -0.2) is 0 Å². The van der Waals surface area contributed by atoms with Crippen LogP contribution < -0.4 is 15.5 Å². The van der Waals surface area contributed by atoms with E-state index in [-0.39, 0.29) is 5.92 Å². The normalized spacial score (nSPS) is 21.1. The first-order valence-corrected chi connectivity index (χ1v) is 11.6. The summed E-state index contributed by atoms with van der Waals surface area (Å²) in [7, 11) is 1.61. The topological polar surface area (TPSA) is 90.9 Å². The minimum Gasteiger partial charge on any atom is -0.345 e. The second kappa shape index (κ2) is 10.6. The summed E-state index contributed by atoms with van der Waals surface area (Å²) in [6.45, 7) is 2.26. The first-order chi connectivity index (χ1) is 16.0. The molecule has 2 aliphatic rings. The number of hydrogen-bond acceptors (Lipinski definition) is 4. The van der Waals surface area contributed by atoms with Crippen LogP contribution in [0.15, 0.2) is 29.3 Å². The van der Waals surface area contributed by atoms with E-state index in [2.05, 4.69) is 15.6 Å². The van der Waals surface area contributed by atoms with Crippen LogP contribution in [0.25, 0.3) is 0 Å². The van der Waals surface area contributed by atoms with Gasteiger partial charge in [0.25, 0.3) is 5.91 Å². The van der Waals surface area contributed by atoms with Crippen LogP contribution in [0.5, 0.6) is 0 Å². The SMILES string of the molecule is CC(CC(=O)N[C@@H](C)C(=O)NC1N=C(C2CCCCC2)c2ccccc2N(C)C1=O)C(F)(F)F. The molecule has 186 valence electrons. The summed E-state index contributed by atoms with van der Waals surface area (Å²) >= 11 is 0. The average molecular weight is 481 g/mol. The molecular formula is C24H31F3N4O3. The molecule has 1 saturated carbocycles. The molecule has 3 amide bonds. The van der Waals surface area contributed by atoms with Gasteiger partial charge in [0.1, 0.15) is 6.04 Å². The Morgan fingerprint density at radius 2 is 1.79 bits per heavy atom. The monoisotopic (exact) mass is 480 g/mol. The van der Waals surface area contributed by atoms with Crippen molar-refractivity contribution in [2.45, 2.75) is 70.8 Å². The molecule has 2 N–H and O–H groups in total. The highest BCUT2D eigenvalue weighted by atomic mass is 19.4. The standard InChI is InChI=1S/C24H31F3N4O3/c1-14(24(25,26)27)13-19(32)28-15(2)22(33)30-21-23(34)31(3)18-12-8-7-11-17(18)20(29-21)16-9-5-4-6-10-16/h7-8,11-12,14-16,21H,4-6,9-10,13H2,1-3H3,(H,28,32)(H,30,33)/t14?,15-,21?/m0/s1. The number of benzodiazepines with no additional fused rings is 1. The molecule has 10 heteroatoms. The summed E-state index contributed by atoms with van der Waals surface area (Å²) in [5, 5.41) is 4.86. The molecular weight excluding hydrogens is 449 g/mol. The van der Waals surface area contributed by atoms with E-state index in [1.807, 2.05) is 24.3 Å². The predicted octanol–water partition coefficient (Wildman–Crippen LogP) is 3.57. The maximum atomic E-state index is 13.2. The molecule has 7 nitrogen and oxygen atoms in total. The first-order valence-electron chi connectivity index (χ1n) is 11.6. The Morgan fingerprint density at radius 3 is 2.44 bits per heavy atom. The van der Waals surface area contributed by atoms with Gasteiger partial charge >= 0.3 is 6.18 Å². The summed E-state index contributed by atoms with van der Waals surface area (Å²) in [5.74, 6) is -3.69. The first kappa shape index (κ1) is 25.7. The molecule has 0 bridgehead atoms. The number of rotatable bonds is 6. The zero-order valence-corrected chi connectivity index (χ0v) is 19.6. The number of alkyl halides is 3. The second-order valence-corrected chi connectivity index (χ2v) is 9.11. The number of hydrogen-bond donors (Lipinski definition) is 2. The molecule has 1 aliphatic heterocycles. The number of amides is 3. The minimum absolute atomic E-state index is 0.162. The lowest BCUT2D eigenvalue weighted by Gasteiger charge is -2.25. The highest BCUT2D eigenvalue weighted by Crippen LogP contribution is 2.33. The lowest BCUT2D eigenvalue weighted by Crippen LogP contribution is -2.52. The zero-order chi connectivity index (χ0) is 25.0. The Morgan fingerprint density at radius 1 is 1.15 bits per heavy atom. The van der Waals surface area contributed by atoms with Crippen LogP contribution >= 0.6 is 0 Å². The van der Waals surface area contributed by atoms with E-state index in [0.717, 1.165) is 50.3 Å². The highest BCUT2D eigenvalue weighted by molar-refractivity contribution is 6.14. The van der Waals surface area contributed by atoms with Crippen LogP contribution in [0.2, 0.25) is 0 Å². The third kappa shape index (κ3) is 5.95. The lowest BCUT2D eigenvalue weighted by atomic mass is 9.83. The molecule has 0 saturated heterocycles. The van der Waals surface area contributed by atoms with Crippen molar-refractivity contribution < 1.29 is 27.6 Å². The number of nitrogens with zero attached hydrogens (tertiary/aromatic N) is 2. The summed E-state index contributed by atoms with van der Waals surface area (Å²) in [4.78, 5) is 44.1. The van der Waals surface area contributed by atoms with Crippen LogP contribution in [0, 0.1) is 11.8 Å². The molecule has 1 aromatic rings. The smallest absolute Gasteiger partial charge is 0.345 e. The summed E-state index contributed by atoms with van der Waals surface area (Å²) in [6.07, 6.45) is -1.33. The molecule has 1 aromatic carbocycles. The van der Waals surface area contributed by atoms with Gasteiger partial charge in [0.15, 0.2) is 0 Å². The second-order valence-electron chi connectivity index (χ2n) is 9.11. The van der Waals surface area contributed by atoms with Gasteiger partial charge in [0.2, 0.25) is 18.0 Å². The number of para-hydroxylation sites is 1. The van der Waals surface area contributed by atoms with E-state index in [1.54, 1.807) is 7.05 Å². The van der Waals surface area contributed by atoms with E-state index in [1.165, 1.54) is 11.8 Å². The van der Waals surface area contributed by atoms with Crippen LogP contribution in [0.1, 0.15) is 57.9 Å². The van der Waals surface area contributed by atoms with Gasteiger partial charge in [-0.1, -0.05) is 44.4 Å². The van der Waals surface area contributed by atoms with E-state index in [9.17, 15) is 27.6 Å². The number of carbonyl (C=O) groups is 3. The van der Waals surface area contributed by atoms with Crippen molar-refractivity contribution in [2.24, 2.45) is 16.8 Å². The Hall–Kier alpha value is -2.91. The van der Waals surface area contributed by atoms with E-state index in [0.29, 0.717) is 5.69 Å². The largest absolute Gasteiger partial charge is 0.392 e. The Labute approximate surface area is 197 Å². The van der Waals surface area contributed by atoms with Crippen LogP contribution in [-0.4, -0.2) is 48.9 Å². The molecule has 0 aromatic heterocycles. The van der Waals surface area contributed by atoms with Gasteiger partial charge in [0.05, 0.1) is 17.3 Å². The maximum absolute atomic E-state index is 13.2. The van der Waals surface area contributed by atoms with Crippen molar-refractivity contribution in [1.82, 2.24) is 10.6 Å². The van der Waals surface area contributed by atoms with E-state index in [4.69, 9.17) is 0 Å². The van der Waals surface area contributed by atoms with Gasteiger partial charge in [0, 0.05) is 24.9 Å². The number of anilines is 1. The van der Waals surface area contributed by atoms with Gasteiger partial charge in [-0.3, -0.25) is 19.4 Å². The van der Waals surface area contributed by atoms with E-state index >= 15 is 0 Å². The number of benzene rings is 1. The predicted molar refractivity (Wildman–Crippen MR) is 122 cm³/mol. The van der Waals surface area contributed by atoms with Gasteiger partial charge < -0.3 is 15.5 Å². The van der Waals surface area contributed by atoms with Crippen molar-refractivity contribution in [2.75, 3.05) is 11.9 Å². The van der Waals surface area contributed by atoms with Crippen LogP contribution in [0.4, 0.5) is 18.9 Å². The Bertz CT molecular complexity index is 957. The maximum Gasteiger partial charge on any atom is 0.392 e. The van der Waals surface area contributed by atoms with E-state index < -0.39 is 48.4 Å².